The van der Waals surface area contributed by atoms with Crippen molar-refractivity contribution in [2.45, 2.75) is 17.2 Å². The zero-order valence-corrected chi connectivity index (χ0v) is 15.9. The Morgan fingerprint density at radius 1 is 0.964 bits per heavy atom. The summed E-state index contributed by atoms with van der Waals surface area (Å²) in [6.45, 7) is 0.519. The number of sulfonamides is 1. The number of aromatic nitrogens is 1. The van der Waals surface area contributed by atoms with Crippen molar-refractivity contribution in [3.05, 3.63) is 84.2 Å². The van der Waals surface area contributed by atoms with Crippen LogP contribution < -0.4 is 14.2 Å². The van der Waals surface area contributed by atoms with Crippen LogP contribution in [-0.4, -0.2) is 26.7 Å². The molecule has 1 N–H and O–H groups in total. The van der Waals surface area contributed by atoms with Gasteiger partial charge in [0, 0.05) is 24.9 Å². The highest BCUT2D eigenvalue weighted by molar-refractivity contribution is 7.89. The summed E-state index contributed by atoms with van der Waals surface area (Å²) in [5, 5.41) is 0. The van der Waals surface area contributed by atoms with Gasteiger partial charge in [-0.15, -0.1) is 0 Å². The summed E-state index contributed by atoms with van der Waals surface area (Å²) in [5.41, 5.74) is 2.16. The summed E-state index contributed by atoms with van der Waals surface area (Å²) < 4.78 is 38.5. The lowest BCUT2D eigenvalue weighted by Gasteiger charge is -2.19. The number of nitrogens with zero attached hydrogens (tertiary/aromatic N) is 1. The van der Waals surface area contributed by atoms with Crippen LogP contribution >= 0.6 is 0 Å². The minimum atomic E-state index is -3.59. The van der Waals surface area contributed by atoms with Crippen LogP contribution in [0.2, 0.25) is 0 Å². The van der Waals surface area contributed by atoms with E-state index in [1.165, 1.54) is 12.3 Å². The van der Waals surface area contributed by atoms with Gasteiger partial charge in [0.15, 0.2) is 11.5 Å². The topological polar surface area (TPSA) is 77.5 Å². The number of hydrogen-bond donors (Lipinski definition) is 1. The molecule has 2 aromatic carbocycles. The molecule has 1 aliphatic heterocycles. The average molecular weight is 396 g/mol. The highest BCUT2D eigenvalue weighted by atomic mass is 32.2. The van der Waals surface area contributed by atoms with Gasteiger partial charge in [-0.3, -0.25) is 4.98 Å². The number of benzene rings is 2. The van der Waals surface area contributed by atoms with Crippen LogP contribution in [0.15, 0.2) is 78.0 Å². The van der Waals surface area contributed by atoms with Crippen LogP contribution in [0.25, 0.3) is 0 Å². The fourth-order valence-electron chi connectivity index (χ4n) is 3.27. The van der Waals surface area contributed by atoms with Crippen LogP contribution in [-0.2, 0) is 10.0 Å². The summed E-state index contributed by atoms with van der Waals surface area (Å²) in [5.74, 6) is 1.47. The second-order valence-corrected chi connectivity index (χ2v) is 8.22. The molecule has 2 heterocycles. The Morgan fingerprint density at radius 3 is 2.57 bits per heavy atom. The highest BCUT2D eigenvalue weighted by Gasteiger charge is 2.21. The fourth-order valence-corrected chi connectivity index (χ4v) is 4.28. The number of hydrogen-bond acceptors (Lipinski definition) is 5. The largest absolute Gasteiger partial charge is 0.454 e. The Balaban J connectivity index is 1.54. The monoisotopic (exact) mass is 396 g/mol. The van der Waals surface area contributed by atoms with Crippen molar-refractivity contribution >= 4 is 10.0 Å². The Kier molecular flexibility index (Phi) is 5.27. The molecule has 1 aromatic heterocycles. The molecule has 6 nitrogen and oxygen atoms in total. The zero-order valence-electron chi connectivity index (χ0n) is 15.1. The minimum Gasteiger partial charge on any atom is -0.454 e. The third-order valence-corrected chi connectivity index (χ3v) is 6.12. The van der Waals surface area contributed by atoms with E-state index in [0.717, 1.165) is 22.6 Å². The van der Waals surface area contributed by atoms with Crippen molar-refractivity contribution in [2.75, 3.05) is 13.3 Å². The second-order valence-electron chi connectivity index (χ2n) is 6.45. The van der Waals surface area contributed by atoms with Gasteiger partial charge in [0.1, 0.15) is 4.90 Å². The van der Waals surface area contributed by atoms with Gasteiger partial charge in [-0.05, 0) is 41.8 Å². The van der Waals surface area contributed by atoms with Gasteiger partial charge in [-0.25, -0.2) is 13.1 Å². The van der Waals surface area contributed by atoms with E-state index in [9.17, 15) is 8.42 Å². The molecule has 0 spiro atoms. The first kappa shape index (κ1) is 18.5. The summed E-state index contributed by atoms with van der Waals surface area (Å²) in [4.78, 5) is 4.04. The molecule has 0 aliphatic carbocycles. The molecular formula is C21H20N2O4S. The molecule has 1 unspecified atom stereocenters. The zero-order chi connectivity index (χ0) is 19.4. The molecule has 0 bridgehead atoms. The van der Waals surface area contributed by atoms with Gasteiger partial charge in [0.2, 0.25) is 16.8 Å². The van der Waals surface area contributed by atoms with E-state index >= 15 is 0 Å². The first-order chi connectivity index (χ1) is 13.6. The Hall–Kier alpha value is -2.90. The van der Waals surface area contributed by atoms with Crippen LogP contribution in [0.5, 0.6) is 11.5 Å². The van der Waals surface area contributed by atoms with Crippen molar-refractivity contribution < 1.29 is 17.9 Å². The standard InChI is InChI=1S/C21H20N2O4S/c24-28(25,18-7-4-11-22-14-18)23-12-10-19(16-5-2-1-3-6-16)17-8-9-20-21(13-17)27-15-26-20/h1-9,11,13-14,19,23H,10,12,15H2. The molecular weight excluding hydrogens is 376 g/mol. The Morgan fingerprint density at radius 2 is 1.79 bits per heavy atom. The summed E-state index contributed by atoms with van der Waals surface area (Å²) in [6.07, 6.45) is 3.49. The van der Waals surface area contributed by atoms with Crippen LogP contribution in [0.3, 0.4) is 0 Å². The second kappa shape index (κ2) is 8.00. The third kappa shape index (κ3) is 4.00. The van der Waals surface area contributed by atoms with Crippen molar-refractivity contribution in [3.8, 4) is 11.5 Å². The van der Waals surface area contributed by atoms with Crippen LogP contribution in [0, 0.1) is 0 Å². The lowest BCUT2D eigenvalue weighted by atomic mass is 9.88. The lowest BCUT2D eigenvalue weighted by molar-refractivity contribution is 0.174. The molecule has 4 rings (SSSR count). The average Bonchev–Trinajstić information content (AvgIpc) is 3.20. The number of ether oxygens (including phenoxy) is 2. The first-order valence-electron chi connectivity index (χ1n) is 8.98. The molecule has 0 fully saturated rings. The molecule has 7 heteroatoms. The highest BCUT2D eigenvalue weighted by Crippen LogP contribution is 2.37. The molecule has 0 amide bonds. The van der Waals surface area contributed by atoms with Gasteiger partial charge in [0.25, 0.3) is 0 Å². The van der Waals surface area contributed by atoms with Gasteiger partial charge >= 0.3 is 0 Å². The van der Waals surface area contributed by atoms with E-state index in [1.54, 1.807) is 12.3 Å². The smallest absolute Gasteiger partial charge is 0.242 e. The lowest BCUT2D eigenvalue weighted by Crippen LogP contribution is -2.26. The predicted molar refractivity (Wildman–Crippen MR) is 105 cm³/mol. The van der Waals surface area contributed by atoms with E-state index < -0.39 is 10.0 Å². The quantitative estimate of drug-likeness (QED) is 0.663. The summed E-state index contributed by atoms with van der Waals surface area (Å²) in [6, 6.07) is 19.0. The minimum absolute atomic E-state index is 0.0206. The molecule has 1 aliphatic rings. The molecule has 28 heavy (non-hydrogen) atoms. The molecule has 0 saturated carbocycles. The molecule has 0 saturated heterocycles. The molecule has 0 radical (unpaired) electrons. The van der Waals surface area contributed by atoms with Gasteiger partial charge < -0.3 is 9.47 Å². The maximum Gasteiger partial charge on any atom is 0.242 e. The van der Waals surface area contributed by atoms with Crippen molar-refractivity contribution in [1.29, 1.82) is 0 Å². The maximum atomic E-state index is 12.5. The molecule has 1 atom stereocenters. The van der Waals surface area contributed by atoms with E-state index in [1.807, 2.05) is 48.5 Å². The maximum absolute atomic E-state index is 12.5. The molecule has 3 aromatic rings. The number of nitrogens with one attached hydrogen (secondary N) is 1. The normalized spacial score (nSPS) is 14.0. The summed E-state index contributed by atoms with van der Waals surface area (Å²) >= 11 is 0. The van der Waals surface area contributed by atoms with Crippen LogP contribution in [0.1, 0.15) is 23.5 Å². The van der Waals surface area contributed by atoms with Gasteiger partial charge in [0.05, 0.1) is 0 Å². The van der Waals surface area contributed by atoms with E-state index in [2.05, 4.69) is 9.71 Å². The SMILES string of the molecule is O=S(=O)(NCCC(c1ccccc1)c1ccc2c(c1)OCO2)c1cccnc1. The first-order valence-corrected chi connectivity index (χ1v) is 10.5. The predicted octanol–water partition coefficient (Wildman–Crippen LogP) is 3.31. The Bertz CT molecular complexity index is 1040. The van der Waals surface area contributed by atoms with Gasteiger partial charge in [-0.1, -0.05) is 36.4 Å². The summed E-state index contributed by atoms with van der Waals surface area (Å²) in [7, 11) is -3.59. The fraction of sp³-hybridized carbons (Fsp3) is 0.190. The van der Waals surface area contributed by atoms with E-state index in [0.29, 0.717) is 13.0 Å². The van der Waals surface area contributed by atoms with Gasteiger partial charge in [-0.2, -0.15) is 0 Å². The van der Waals surface area contributed by atoms with E-state index in [4.69, 9.17) is 9.47 Å². The Labute approximate surface area is 164 Å². The molecule has 144 valence electrons. The third-order valence-electron chi connectivity index (χ3n) is 4.67. The number of fused-ring (bicyclic) bond motifs is 1. The van der Waals surface area contributed by atoms with E-state index in [-0.39, 0.29) is 17.6 Å². The van der Waals surface area contributed by atoms with Crippen molar-refractivity contribution in [1.82, 2.24) is 9.71 Å². The number of rotatable bonds is 7. The van der Waals surface area contributed by atoms with Crippen molar-refractivity contribution in [2.24, 2.45) is 0 Å². The van der Waals surface area contributed by atoms with Crippen LogP contribution in [0.4, 0.5) is 0 Å². The van der Waals surface area contributed by atoms with Crippen molar-refractivity contribution in [3.63, 3.8) is 0 Å². The number of pyridine rings is 1.